The topological polar surface area (TPSA) is 9.23 Å². The third kappa shape index (κ3) is 2.86. The molecule has 0 aliphatic carbocycles. The molecule has 1 heteroatoms. The van der Waals surface area contributed by atoms with E-state index in [1.807, 2.05) is 0 Å². The number of benzene rings is 6. The molecule has 0 saturated heterocycles. The van der Waals surface area contributed by atoms with Gasteiger partial charge in [-0.05, 0) is 74.3 Å². The minimum Gasteiger partial charge on any atom is -0.456 e. The Hall–Kier alpha value is -4.36. The molecule has 6 aromatic rings. The summed E-state index contributed by atoms with van der Waals surface area (Å²) in [6, 6.07) is 43.1. The lowest BCUT2D eigenvalue weighted by molar-refractivity contribution is 0.487. The Morgan fingerprint density at radius 1 is 0.394 bits per heavy atom. The van der Waals surface area contributed by atoms with Gasteiger partial charge in [0.15, 0.2) is 0 Å². The van der Waals surface area contributed by atoms with Crippen LogP contribution in [0.15, 0.2) is 121 Å². The van der Waals surface area contributed by atoms with Gasteiger partial charge in [-0.1, -0.05) is 91.0 Å². The van der Waals surface area contributed by atoms with Crippen molar-refractivity contribution in [1.82, 2.24) is 0 Å². The smallest absolute Gasteiger partial charge is 0.135 e. The van der Waals surface area contributed by atoms with Gasteiger partial charge in [-0.2, -0.15) is 0 Å². The molecule has 0 bridgehead atoms. The molecule has 0 spiro atoms. The molecule has 0 saturated carbocycles. The Labute approximate surface area is 192 Å². The summed E-state index contributed by atoms with van der Waals surface area (Å²) in [4.78, 5) is 0. The van der Waals surface area contributed by atoms with Gasteiger partial charge in [-0.15, -0.1) is 0 Å². The lowest BCUT2D eigenvalue weighted by Crippen LogP contribution is -1.98. The molecule has 6 aromatic carbocycles. The molecule has 0 N–H and O–H groups in total. The van der Waals surface area contributed by atoms with Gasteiger partial charge in [0.1, 0.15) is 11.5 Å². The lowest BCUT2D eigenvalue weighted by Gasteiger charge is -2.23. The third-order valence-corrected chi connectivity index (χ3v) is 6.64. The van der Waals surface area contributed by atoms with Crippen molar-refractivity contribution in [3.05, 3.63) is 121 Å². The van der Waals surface area contributed by atoms with Crippen LogP contribution in [0.1, 0.15) is 0 Å². The molecule has 1 aliphatic rings. The van der Waals surface area contributed by atoms with Gasteiger partial charge in [0.05, 0.1) is 0 Å². The summed E-state index contributed by atoms with van der Waals surface area (Å²) in [5, 5.41) is 4.94. The van der Waals surface area contributed by atoms with Gasteiger partial charge < -0.3 is 4.74 Å². The fourth-order valence-electron chi connectivity index (χ4n) is 5.06. The van der Waals surface area contributed by atoms with Crippen LogP contribution in [0.4, 0.5) is 0 Å². The van der Waals surface area contributed by atoms with Gasteiger partial charge in [-0.25, -0.2) is 0 Å². The molecule has 1 heterocycles. The summed E-state index contributed by atoms with van der Waals surface area (Å²) in [5.41, 5.74) is 7.23. The fraction of sp³-hybridized carbons (Fsp3) is 0. The van der Waals surface area contributed by atoms with Crippen LogP contribution in [0.3, 0.4) is 0 Å². The number of hydrogen-bond acceptors (Lipinski definition) is 1. The second-order valence-electron chi connectivity index (χ2n) is 8.58. The molecule has 1 nitrogen and oxygen atoms in total. The lowest BCUT2D eigenvalue weighted by atomic mass is 9.89. The molecule has 0 amide bonds. The first-order valence-electron chi connectivity index (χ1n) is 11.3. The van der Waals surface area contributed by atoms with Crippen molar-refractivity contribution in [3.63, 3.8) is 0 Å². The highest BCUT2D eigenvalue weighted by Crippen LogP contribution is 2.49. The van der Waals surface area contributed by atoms with E-state index in [-0.39, 0.29) is 0 Å². The molecular weight excluding hydrogens is 400 g/mol. The van der Waals surface area contributed by atoms with Crippen LogP contribution in [0.25, 0.3) is 54.9 Å². The Morgan fingerprint density at radius 2 is 1.09 bits per heavy atom. The average molecular weight is 421 g/mol. The molecular formula is C32H20O. The van der Waals surface area contributed by atoms with Gasteiger partial charge >= 0.3 is 0 Å². The van der Waals surface area contributed by atoms with Crippen LogP contribution in [0.2, 0.25) is 0 Å². The van der Waals surface area contributed by atoms with E-state index in [1.165, 1.54) is 49.4 Å². The van der Waals surface area contributed by atoms with E-state index >= 15 is 0 Å². The van der Waals surface area contributed by atoms with Gasteiger partial charge in [0.2, 0.25) is 0 Å². The third-order valence-electron chi connectivity index (χ3n) is 6.64. The summed E-state index contributed by atoms with van der Waals surface area (Å²) in [6.07, 6.45) is 0. The first-order valence-corrected chi connectivity index (χ1v) is 11.3. The zero-order valence-electron chi connectivity index (χ0n) is 18.0. The zero-order valence-corrected chi connectivity index (χ0v) is 18.0. The first kappa shape index (κ1) is 18.2. The molecule has 7 rings (SSSR count). The van der Waals surface area contributed by atoms with Crippen molar-refractivity contribution in [1.29, 1.82) is 0 Å². The van der Waals surface area contributed by atoms with E-state index in [9.17, 15) is 0 Å². The molecule has 0 atom stereocenters. The van der Waals surface area contributed by atoms with E-state index in [4.69, 9.17) is 4.74 Å². The monoisotopic (exact) mass is 420 g/mol. The Kier molecular flexibility index (Phi) is 3.91. The maximum Gasteiger partial charge on any atom is 0.135 e. The summed E-state index contributed by atoms with van der Waals surface area (Å²) >= 11 is 0. The minimum atomic E-state index is 0.910. The first-order chi connectivity index (χ1) is 16.3. The highest BCUT2D eigenvalue weighted by Gasteiger charge is 2.22. The predicted molar refractivity (Wildman–Crippen MR) is 138 cm³/mol. The fourth-order valence-corrected chi connectivity index (χ4v) is 5.06. The van der Waals surface area contributed by atoms with Crippen LogP contribution >= 0.6 is 0 Å². The molecule has 33 heavy (non-hydrogen) atoms. The second-order valence-corrected chi connectivity index (χ2v) is 8.58. The van der Waals surface area contributed by atoms with E-state index in [1.54, 1.807) is 0 Å². The van der Waals surface area contributed by atoms with Crippen LogP contribution in [0, 0.1) is 0 Å². The van der Waals surface area contributed by atoms with Crippen molar-refractivity contribution in [2.45, 2.75) is 0 Å². The quantitative estimate of drug-likeness (QED) is 0.253. The Morgan fingerprint density at radius 3 is 2.00 bits per heavy atom. The normalized spacial score (nSPS) is 11.9. The molecule has 0 unspecified atom stereocenters. The van der Waals surface area contributed by atoms with E-state index in [0.29, 0.717) is 0 Å². The van der Waals surface area contributed by atoms with Gasteiger partial charge in [0, 0.05) is 10.9 Å². The van der Waals surface area contributed by atoms with E-state index in [0.717, 1.165) is 17.1 Å². The van der Waals surface area contributed by atoms with Crippen LogP contribution in [-0.2, 0) is 0 Å². The predicted octanol–water partition coefficient (Wildman–Crippen LogP) is 9.10. The molecule has 0 aromatic heterocycles. The standard InChI is InChI=1S/C32H20O/c1-2-8-21(9-3-1)22-11-6-12-23(18-22)24-16-17-30-28(19-24)29-20-25-10-4-5-13-26(25)27-14-7-15-31(33-30)32(27)29/h1-20H. The molecule has 0 fully saturated rings. The summed E-state index contributed by atoms with van der Waals surface area (Å²) in [7, 11) is 0. The zero-order chi connectivity index (χ0) is 21.8. The maximum absolute atomic E-state index is 6.38. The highest BCUT2D eigenvalue weighted by atomic mass is 16.5. The van der Waals surface area contributed by atoms with Crippen molar-refractivity contribution in [3.8, 4) is 44.9 Å². The molecule has 1 aliphatic heterocycles. The van der Waals surface area contributed by atoms with Gasteiger partial charge in [0.25, 0.3) is 0 Å². The van der Waals surface area contributed by atoms with Gasteiger partial charge in [-0.3, -0.25) is 0 Å². The number of hydrogen-bond donors (Lipinski definition) is 0. The molecule has 154 valence electrons. The summed E-state index contributed by atoms with van der Waals surface area (Å²) in [6.45, 7) is 0. The van der Waals surface area contributed by atoms with E-state index < -0.39 is 0 Å². The van der Waals surface area contributed by atoms with Crippen molar-refractivity contribution in [2.75, 3.05) is 0 Å². The highest BCUT2D eigenvalue weighted by molar-refractivity contribution is 6.17. The van der Waals surface area contributed by atoms with Crippen LogP contribution in [0.5, 0.6) is 11.5 Å². The minimum absolute atomic E-state index is 0.910. The van der Waals surface area contributed by atoms with Crippen LogP contribution < -0.4 is 4.74 Å². The van der Waals surface area contributed by atoms with E-state index in [2.05, 4.69) is 121 Å². The average Bonchev–Trinajstić information content (AvgIpc) is 2.89. The number of rotatable bonds is 2. The molecule has 0 radical (unpaired) electrons. The summed E-state index contributed by atoms with van der Waals surface area (Å²) in [5.74, 6) is 1.84. The summed E-state index contributed by atoms with van der Waals surface area (Å²) < 4.78 is 6.38. The maximum atomic E-state index is 6.38. The largest absolute Gasteiger partial charge is 0.456 e. The Balaban J connectivity index is 1.44. The van der Waals surface area contributed by atoms with Crippen molar-refractivity contribution in [2.24, 2.45) is 0 Å². The van der Waals surface area contributed by atoms with Crippen molar-refractivity contribution < 1.29 is 4.74 Å². The SMILES string of the molecule is c1ccc(-c2cccc(-c3ccc4c(c3)-c3cc5ccccc5c5cccc(c35)O4)c2)cc1. The Bertz CT molecular complexity index is 1680. The second kappa shape index (κ2) is 7.08. The number of fused-ring (bicyclic) bond motifs is 4. The number of ether oxygens (including phenoxy) is 1. The van der Waals surface area contributed by atoms with Crippen LogP contribution in [-0.4, -0.2) is 0 Å². The van der Waals surface area contributed by atoms with Crippen molar-refractivity contribution >= 4 is 21.5 Å².